The maximum absolute atomic E-state index is 12.7. The van der Waals surface area contributed by atoms with E-state index in [0.717, 1.165) is 35.0 Å². The monoisotopic (exact) mass is 442 g/mol. The first kappa shape index (κ1) is 22.4. The van der Waals surface area contributed by atoms with E-state index in [4.69, 9.17) is 18.9 Å². The molecule has 1 saturated heterocycles. The van der Waals surface area contributed by atoms with Crippen LogP contribution in [0.5, 0.6) is 0 Å². The van der Waals surface area contributed by atoms with E-state index in [2.05, 4.69) is 6.58 Å². The number of aromatic nitrogens is 1. The van der Waals surface area contributed by atoms with Crippen LogP contribution < -0.4 is 0 Å². The maximum atomic E-state index is 12.7. The lowest BCUT2D eigenvalue weighted by Gasteiger charge is -2.28. The molecule has 32 heavy (non-hydrogen) atoms. The van der Waals surface area contributed by atoms with Crippen molar-refractivity contribution in [1.29, 1.82) is 0 Å². The highest BCUT2D eigenvalue weighted by Gasteiger charge is 2.31. The molecule has 3 heterocycles. The molecular weight excluding hydrogens is 412 g/mol. The normalized spacial score (nSPS) is 20.0. The quantitative estimate of drug-likeness (QED) is 0.674. The lowest BCUT2D eigenvalue weighted by Crippen LogP contribution is -2.37. The zero-order valence-electron chi connectivity index (χ0n) is 18.5. The van der Waals surface area contributed by atoms with Crippen molar-refractivity contribution in [1.82, 2.24) is 9.47 Å². The molecule has 1 atom stereocenters. The number of fused-ring (bicyclic) bond motifs is 3. The summed E-state index contributed by atoms with van der Waals surface area (Å²) in [6.07, 6.45) is 3.27. The molecule has 1 amide bonds. The highest BCUT2D eigenvalue weighted by atomic mass is 16.7. The van der Waals surface area contributed by atoms with Crippen molar-refractivity contribution in [2.45, 2.75) is 32.0 Å². The number of nitrogens with zero attached hydrogens (tertiary/aromatic N) is 2. The van der Waals surface area contributed by atoms with Gasteiger partial charge in [0, 0.05) is 30.1 Å². The molecule has 0 bridgehead atoms. The molecule has 0 radical (unpaired) electrons. The van der Waals surface area contributed by atoms with Crippen LogP contribution in [0.25, 0.3) is 10.9 Å². The summed E-state index contributed by atoms with van der Waals surface area (Å²) in [4.78, 5) is 27.2. The van der Waals surface area contributed by atoms with Gasteiger partial charge in [-0.25, -0.2) is 14.2 Å². The number of methoxy groups -OCH3 is 1. The van der Waals surface area contributed by atoms with Crippen LogP contribution in [0.15, 0.2) is 36.9 Å². The minimum absolute atomic E-state index is 0.0854. The molecular formula is C24H30N2O6. The first-order valence-electron chi connectivity index (χ1n) is 11.1. The van der Waals surface area contributed by atoms with Crippen molar-refractivity contribution in [3.63, 3.8) is 0 Å². The largest absolute Gasteiger partial charge is 0.452 e. The van der Waals surface area contributed by atoms with E-state index >= 15 is 0 Å². The Bertz CT molecular complexity index is 978. The summed E-state index contributed by atoms with van der Waals surface area (Å²) >= 11 is 0. The van der Waals surface area contributed by atoms with Crippen molar-refractivity contribution < 1.29 is 28.5 Å². The zero-order valence-corrected chi connectivity index (χ0v) is 18.5. The fourth-order valence-corrected chi connectivity index (χ4v) is 4.67. The Hall–Kier alpha value is -2.84. The average molecular weight is 443 g/mol. The summed E-state index contributed by atoms with van der Waals surface area (Å²) in [5.74, 6) is 0.0854. The summed E-state index contributed by atoms with van der Waals surface area (Å²) in [7, 11) is 1.39. The van der Waals surface area contributed by atoms with Gasteiger partial charge < -0.3 is 23.8 Å². The van der Waals surface area contributed by atoms with E-state index in [0.29, 0.717) is 39.1 Å². The molecule has 1 unspecified atom stereocenters. The topological polar surface area (TPSA) is 79.2 Å². The van der Waals surface area contributed by atoms with E-state index in [1.165, 1.54) is 7.11 Å². The summed E-state index contributed by atoms with van der Waals surface area (Å²) in [6.45, 7) is 5.96. The van der Waals surface area contributed by atoms with Gasteiger partial charge in [0.05, 0.1) is 25.8 Å². The van der Waals surface area contributed by atoms with Gasteiger partial charge in [0.15, 0.2) is 6.29 Å². The summed E-state index contributed by atoms with van der Waals surface area (Å²) in [5.41, 5.74) is 2.79. The first-order valence-corrected chi connectivity index (χ1v) is 11.1. The van der Waals surface area contributed by atoms with Gasteiger partial charge in [0.2, 0.25) is 0 Å². The maximum Gasteiger partial charge on any atom is 0.418 e. The van der Waals surface area contributed by atoms with E-state index in [1.807, 2.05) is 24.3 Å². The molecule has 1 fully saturated rings. The van der Waals surface area contributed by atoms with Gasteiger partial charge in [0.1, 0.15) is 6.61 Å². The Kier molecular flexibility index (Phi) is 7.12. The molecule has 1 aromatic heterocycles. The third-order valence-corrected chi connectivity index (χ3v) is 6.21. The second-order valence-corrected chi connectivity index (χ2v) is 8.05. The summed E-state index contributed by atoms with van der Waals surface area (Å²) in [5, 5.41) is 0.998. The highest BCUT2D eigenvalue weighted by molar-refractivity contribution is 5.93. The fourth-order valence-electron chi connectivity index (χ4n) is 4.67. The predicted molar refractivity (Wildman–Crippen MR) is 119 cm³/mol. The average Bonchev–Trinajstić information content (AvgIpc) is 3.46. The van der Waals surface area contributed by atoms with Crippen LogP contribution in [0.3, 0.4) is 0 Å². The van der Waals surface area contributed by atoms with Crippen molar-refractivity contribution in [2.75, 3.05) is 40.0 Å². The Morgan fingerprint density at radius 2 is 1.91 bits per heavy atom. The number of hydrogen-bond acceptors (Lipinski definition) is 6. The number of carbonyl (C=O) groups excluding carboxylic acids is 2. The number of amides is 1. The van der Waals surface area contributed by atoms with E-state index in [-0.39, 0.29) is 24.9 Å². The molecule has 1 aromatic carbocycles. The highest BCUT2D eigenvalue weighted by Crippen LogP contribution is 2.32. The van der Waals surface area contributed by atoms with Gasteiger partial charge in [-0.3, -0.25) is 0 Å². The number of hydrogen-bond donors (Lipinski definition) is 0. The van der Waals surface area contributed by atoms with Gasteiger partial charge in [-0.2, -0.15) is 0 Å². The summed E-state index contributed by atoms with van der Waals surface area (Å²) in [6, 6.07) is 7.81. The van der Waals surface area contributed by atoms with Crippen molar-refractivity contribution in [3.8, 4) is 0 Å². The fraction of sp³-hybridized carbons (Fsp3) is 0.500. The number of ether oxygens (including phenoxy) is 4. The molecule has 0 spiro atoms. The molecule has 0 N–H and O–H groups in total. The Morgan fingerprint density at radius 1 is 1.12 bits per heavy atom. The molecule has 8 heteroatoms. The van der Waals surface area contributed by atoms with Crippen LogP contribution in [0, 0.1) is 5.92 Å². The second kappa shape index (κ2) is 10.2. The summed E-state index contributed by atoms with van der Waals surface area (Å²) < 4.78 is 23.7. The smallest absolute Gasteiger partial charge is 0.418 e. The number of benzene rings is 1. The van der Waals surface area contributed by atoms with Crippen LogP contribution in [0.4, 0.5) is 9.59 Å². The molecule has 0 saturated carbocycles. The third kappa shape index (κ3) is 4.52. The molecule has 8 nitrogen and oxygen atoms in total. The minimum Gasteiger partial charge on any atom is -0.452 e. The second-order valence-electron chi connectivity index (χ2n) is 8.05. The first-order chi connectivity index (χ1) is 15.6. The van der Waals surface area contributed by atoms with Gasteiger partial charge in [-0.1, -0.05) is 30.9 Å². The van der Waals surface area contributed by atoms with Gasteiger partial charge >= 0.3 is 12.2 Å². The zero-order chi connectivity index (χ0) is 22.5. The number of rotatable bonds is 3. The van der Waals surface area contributed by atoms with Crippen molar-refractivity contribution >= 4 is 23.1 Å². The predicted octanol–water partition coefficient (Wildman–Crippen LogP) is 3.75. The van der Waals surface area contributed by atoms with Gasteiger partial charge in [-0.15, -0.1) is 0 Å². The number of carbonyl (C=O) groups is 2. The molecule has 0 aliphatic carbocycles. The third-order valence-electron chi connectivity index (χ3n) is 6.21. The van der Waals surface area contributed by atoms with Crippen LogP contribution in [0.1, 0.15) is 24.1 Å². The van der Waals surface area contributed by atoms with E-state index in [9.17, 15) is 9.59 Å². The molecule has 2 aliphatic rings. The van der Waals surface area contributed by atoms with Crippen LogP contribution in [0.2, 0.25) is 0 Å². The molecule has 4 rings (SSSR count). The lowest BCUT2D eigenvalue weighted by atomic mass is 9.94. The van der Waals surface area contributed by atoms with Crippen molar-refractivity contribution in [2.24, 2.45) is 5.92 Å². The Balaban J connectivity index is 1.73. The van der Waals surface area contributed by atoms with Crippen LogP contribution in [-0.4, -0.2) is 68.0 Å². The molecule has 2 aliphatic heterocycles. The Labute approximate surface area is 187 Å². The SMILES string of the molecule is C=CCOC(=O)N1CCc2c(n(C(=O)OC)c3ccccc23)CCC(C2OCCO2)CC1. The van der Waals surface area contributed by atoms with E-state index in [1.54, 1.807) is 15.5 Å². The van der Waals surface area contributed by atoms with Crippen molar-refractivity contribution in [3.05, 3.63) is 48.2 Å². The van der Waals surface area contributed by atoms with Crippen LogP contribution >= 0.6 is 0 Å². The minimum atomic E-state index is -0.410. The molecule has 2 aromatic rings. The van der Waals surface area contributed by atoms with Gasteiger partial charge in [0.25, 0.3) is 0 Å². The Morgan fingerprint density at radius 3 is 2.66 bits per heavy atom. The van der Waals surface area contributed by atoms with E-state index < -0.39 is 6.09 Å². The lowest BCUT2D eigenvalue weighted by molar-refractivity contribution is -0.0889. The molecule has 172 valence electrons. The van der Waals surface area contributed by atoms with Crippen LogP contribution in [-0.2, 0) is 31.8 Å². The standard InChI is InChI=1S/C24H30N2O6/c1-3-14-32-23(27)25-12-10-17(22-30-15-16-31-22)8-9-21-19(11-13-25)18-6-4-5-7-20(18)26(21)24(28)29-2/h3-7,17,22H,1,8-16H2,2H3. The van der Waals surface area contributed by atoms with Gasteiger partial charge in [-0.05, 0) is 37.3 Å². The number of para-hydroxylation sites is 1.